The normalized spacial score (nSPS) is 16.6. The van der Waals surface area contributed by atoms with Crippen molar-refractivity contribution in [3.8, 4) is 0 Å². The van der Waals surface area contributed by atoms with Gasteiger partial charge in [-0.3, -0.25) is 4.79 Å². The van der Waals surface area contributed by atoms with Crippen molar-refractivity contribution >= 4 is 37.8 Å². The van der Waals surface area contributed by atoms with Gasteiger partial charge in [-0.1, -0.05) is 28.1 Å². The fourth-order valence-electron chi connectivity index (χ4n) is 2.24. The van der Waals surface area contributed by atoms with Crippen LogP contribution >= 0.6 is 31.9 Å². The highest BCUT2D eigenvalue weighted by Crippen LogP contribution is 2.21. The zero-order valence-corrected chi connectivity index (χ0v) is 13.8. The average molecular weight is 391 g/mol. The van der Waals surface area contributed by atoms with Crippen LogP contribution in [0.25, 0.3) is 0 Å². The molecule has 0 bridgehead atoms. The summed E-state index contributed by atoms with van der Waals surface area (Å²) in [5.41, 5.74) is 0.738. The molecule has 1 fully saturated rings. The standard InChI is InChI=1S/C14H17Br2NO2/c15-7-10-19-11-5-8-17(9-6-11)14(18)12-3-1-2-4-13(12)16/h1-4,11H,5-10H2. The molecule has 0 aliphatic carbocycles. The lowest BCUT2D eigenvalue weighted by atomic mass is 10.1. The van der Waals surface area contributed by atoms with Gasteiger partial charge in [-0.05, 0) is 40.9 Å². The molecule has 5 heteroatoms. The fourth-order valence-corrected chi connectivity index (χ4v) is 2.88. The van der Waals surface area contributed by atoms with Gasteiger partial charge in [0.05, 0.1) is 18.3 Å². The second-order valence-electron chi connectivity index (χ2n) is 4.53. The first kappa shape index (κ1) is 15.0. The molecule has 0 spiro atoms. The summed E-state index contributed by atoms with van der Waals surface area (Å²) in [6.45, 7) is 2.28. The first-order chi connectivity index (χ1) is 9.22. The summed E-state index contributed by atoms with van der Waals surface area (Å²) in [4.78, 5) is 14.3. The SMILES string of the molecule is O=C(c1ccccc1Br)N1CCC(OCCBr)CC1. The highest BCUT2D eigenvalue weighted by atomic mass is 79.9. The number of hydrogen-bond donors (Lipinski definition) is 0. The van der Waals surface area contributed by atoms with Crippen LogP contribution in [0.3, 0.4) is 0 Å². The summed E-state index contributed by atoms with van der Waals surface area (Å²) in [6.07, 6.45) is 2.13. The van der Waals surface area contributed by atoms with Gasteiger partial charge in [0.2, 0.25) is 0 Å². The molecule has 3 nitrogen and oxygen atoms in total. The Bertz CT molecular complexity index is 431. The first-order valence-corrected chi connectivity index (χ1v) is 8.35. The predicted molar refractivity (Wildman–Crippen MR) is 82.8 cm³/mol. The molecule has 2 rings (SSSR count). The van der Waals surface area contributed by atoms with Crippen LogP contribution < -0.4 is 0 Å². The molecule has 1 heterocycles. The van der Waals surface area contributed by atoms with E-state index in [1.807, 2.05) is 29.2 Å². The molecule has 1 amide bonds. The topological polar surface area (TPSA) is 29.5 Å². The van der Waals surface area contributed by atoms with Crippen LogP contribution in [0.5, 0.6) is 0 Å². The zero-order valence-electron chi connectivity index (χ0n) is 10.6. The van der Waals surface area contributed by atoms with Crippen molar-refractivity contribution in [1.29, 1.82) is 0 Å². The van der Waals surface area contributed by atoms with Crippen LogP contribution in [0, 0.1) is 0 Å². The molecule has 1 aromatic rings. The summed E-state index contributed by atoms with van der Waals surface area (Å²) in [5, 5.41) is 0.864. The predicted octanol–water partition coefficient (Wildman–Crippen LogP) is 3.47. The number of alkyl halides is 1. The highest BCUT2D eigenvalue weighted by Gasteiger charge is 2.24. The Labute approximate surface area is 130 Å². The highest BCUT2D eigenvalue weighted by molar-refractivity contribution is 9.10. The fraction of sp³-hybridized carbons (Fsp3) is 0.500. The van der Waals surface area contributed by atoms with E-state index in [9.17, 15) is 4.79 Å². The molecule has 0 saturated carbocycles. The molecule has 0 radical (unpaired) electrons. The summed E-state index contributed by atoms with van der Waals surface area (Å²) in [5.74, 6) is 0.103. The molecule has 0 atom stereocenters. The minimum Gasteiger partial charge on any atom is -0.377 e. The average Bonchev–Trinajstić information content (AvgIpc) is 2.45. The molecule has 1 aromatic carbocycles. The Balaban J connectivity index is 1.91. The van der Waals surface area contributed by atoms with E-state index in [2.05, 4.69) is 31.9 Å². The van der Waals surface area contributed by atoms with Crippen molar-refractivity contribution in [3.05, 3.63) is 34.3 Å². The van der Waals surface area contributed by atoms with Crippen LogP contribution in [-0.4, -0.2) is 41.9 Å². The van der Waals surface area contributed by atoms with E-state index in [0.29, 0.717) is 6.10 Å². The van der Waals surface area contributed by atoms with Gasteiger partial charge in [0.15, 0.2) is 0 Å². The maximum Gasteiger partial charge on any atom is 0.255 e. The number of ether oxygens (including phenoxy) is 1. The van der Waals surface area contributed by atoms with E-state index in [-0.39, 0.29) is 5.91 Å². The largest absolute Gasteiger partial charge is 0.377 e. The second-order valence-corrected chi connectivity index (χ2v) is 6.18. The summed E-state index contributed by atoms with van der Waals surface area (Å²) in [6, 6.07) is 7.57. The van der Waals surface area contributed by atoms with Crippen LogP contribution in [0.15, 0.2) is 28.7 Å². The van der Waals surface area contributed by atoms with Crippen LogP contribution in [0.1, 0.15) is 23.2 Å². The number of benzene rings is 1. The third-order valence-electron chi connectivity index (χ3n) is 3.26. The van der Waals surface area contributed by atoms with Crippen molar-refractivity contribution in [2.24, 2.45) is 0 Å². The van der Waals surface area contributed by atoms with Crippen molar-refractivity contribution in [2.75, 3.05) is 25.0 Å². The number of piperidine rings is 1. The van der Waals surface area contributed by atoms with E-state index in [0.717, 1.165) is 47.9 Å². The zero-order chi connectivity index (χ0) is 13.7. The van der Waals surface area contributed by atoms with E-state index < -0.39 is 0 Å². The molecule has 0 aromatic heterocycles. The van der Waals surface area contributed by atoms with Gasteiger partial charge in [0, 0.05) is 22.9 Å². The molecule has 104 valence electrons. The van der Waals surface area contributed by atoms with E-state index in [4.69, 9.17) is 4.74 Å². The number of halogens is 2. The quantitative estimate of drug-likeness (QED) is 0.736. The van der Waals surface area contributed by atoms with Crippen LogP contribution in [0.4, 0.5) is 0 Å². The van der Waals surface area contributed by atoms with Gasteiger partial charge in [0.1, 0.15) is 0 Å². The lowest BCUT2D eigenvalue weighted by Crippen LogP contribution is -2.41. The molecule has 1 aliphatic heterocycles. The molecular formula is C14H17Br2NO2. The van der Waals surface area contributed by atoms with E-state index in [1.54, 1.807) is 0 Å². The van der Waals surface area contributed by atoms with Gasteiger partial charge in [0.25, 0.3) is 5.91 Å². The molecule has 1 saturated heterocycles. The number of carbonyl (C=O) groups excluding carboxylic acids is 1. The maximum atomic E-state index is 12.4. The molecule has 0 unspecified atom stereocenters. The monoisotopic (exact) mass is 389 g/mol. The van der Waals surface area contributed by atoms with Gasteiger partial charge in [-0.25, -0.2) is 0 Å². The van der Waals surface area contributed by atoms with Crippen LogP contribution in [0.2, 0.25) is 0 Å². The van der Waals surface area contributed by atoms with Gasteiger partial charge in [-0.15, -0.1) is 0 Å². The Morgan fingerprint density at radius 1 is 1.32 bits per heavy atom. The van der Waals surface area contributed by atoms with Crippen molar-refractivity contribution in [3.63, 3.8) is 0 Å². The van der Waals surface area contributed by atoms with Crippen molar-refractivity contribution in [1.82, 2.24) is 4.90 Å². The third kappa shape index (κ3) is 4.04. The van der Waals surface area contributed by atoms with E-state index in [1.165, 1.54) is 0 Å². The maximum absolute atomic E-state index is 12.4. The number of carbonyl (C=O) groups is 1. The Morgan fingerprint density at radius 3 is 2.63 bits per heavy atom. The smallest absolute Gasteiger partial charge is 0.255 e. The minimum absolute atomic E-state index is 0.103. The Kier molecular flexibility index (Phi) is 5.85. The third-order valence-corrected chi connectivity index (χ3v) is 4.28. The lowest BCUT2D eigenvalue weighted by molar-refractivity contribution is 0.0159. The molecular weight excluding hydrogens is 374 g/mol. The number of hydrogen-bond acceptors (Lipinski definition) is 2. The number of amides is 1. The summed E-state index contributed by atoms with van der Waals surface area (Å²) < 4.78 is 6.55. The summed E-state index contributed by atoms with van der Waals surface area (Å²) in [7, 11) is 0. The van der Waals surface area contributed by atoms with Crippen molar-refractivity contribution < 1.29 is 9.53 Å². The van der Waals surface area contributed by atoms with Gasteiger partial charge in [-0.2, -0.15) is 0 Å². The van der Waals surface area contributed by atoms with Gasteiger partial charge >= 0.3 is 0 Å². The number of rotatable bonds is 4. The number of likely N-dealkylation sites (tertiary alicyclic amines) is 1. The number of nitrogens with zero attached hydrogens (tertiary/aromatic N) is 1. The molecule has 1 aliphatic rings. The van der Waals surface area contributed by atoms with Gasteiger partial charge < -0.3 is 9.64 Å². The second kappa shape index (κ2) is 7.41. The van der Waals surface area contributed by atoms with Crippen LogP contribution in [-0.2, 0) is 4.74 Å². The lowest BCUT2D eigenvalue weighted by Gasteiger charge is -2.32. The van der Waals surface area contributed by atoms with Crippen molar-refractivity contribution in [2.45, 2.75) is 18.9 Å². The van der Waals surface area contributed by atoms with E-state index >= 15 is 0 Å². The molecule has 19 heavy (non-hydrogen) atoms. The summed E-state index contributed by atoms with van der Waals surface area (Å²) >= 11 is 6.79. The molecule has 0 N–H and O–H groups in total. The minimum atomic E-state index is 0.103. The first-order valence-electron chi connectivity index (χ1n) is 6.43. The Morgan fingerprint density at radius 2 is 2.00 bits per heavy atom. The Hall–Kier alpha value is -0.390.